The second-order valence-corrected chi connectivity index (χ2v) is 19.6. The van der Waals surface area contributed by atoms with Crippen LogP contribution in [0.1, 0.15) is 96.1 Å². The van der Waals surface area contributed by atoms with Crippen molar-refractivity contribution in [2.24, 2.45) is 0 Å². The van der Waals surface area contributed by atoms with Gasteiger partial charge >= 0.3 is 6.03 Å². The van der Waals surface area contributed by atoms with Crippen LogP contribution in [0, 0.1) is 0 Å². The molecule has 2 saturated heterocycles. The first-order chi connectivity index (χ1) is 37.7. The Morgan fingerprint density at radius 2 is 0.947 bits per heavy atom. The van der Waals surface area contributed by atoms with Gasteiger partial charge in [-0.15, -0.1) is 5.10 Å². The van der Waals surface area contributed by atoms with Crippen LogP contribution in [0.15, 0.2) is 6.20 Å². The SMILES string of the molecule is CCCCCCCCCCOCCOCCOCCOCCOCCOCCOCCOCCOCCOCCOCCCc1cn(CCOCCOCCOCCNC(=O)CCCC[C@@H]2SC[C@@H]3NC(=O)N[C@@H]32)nn1. The largest absolute Gasteiger partial charge is 0.379 e. The molecule has 76 heavy (non-hydrogen) atoms. The monoisotopic (exact) mass is 1110 g/mol. The Bertz CT molecular complexity index is 1450. The van der Waals surface area contributed by atoms with Crippen molar-refractivity contribution in [3.63, 3.8) is 0 Å². The van der Waals surface area contributed by atoms with Gasteiger partial charge in [-0.2, -0.15) is 11.8 Å². The van der Waals surface area contributed by atoms with Crippen LogP contribution in [0.25, 0.3) is 0 Å². The van der Waals surface area contributed by atoms with Gasteiger partial charge in [-0.3, -0.25) is 4.79 Å². The lowest BCUT2D eigenvalue weighted by molar-refractivity contribution is -0.121. The number of hydrogen-bond donors (Lipinski definition) is 3. The lowest BCUT2D eigenvalue weighted by Crippen LogP contribution is -2.36. The summed E-state index contributed by atoms with van der Waals surface area (Å²) in [5.41, 5.74) is 0.918. The highest BCUT2D eigenvalue weighted by atomic mass is 32.2. The molecule has 0 unspecified atom stereocenters. The normalized spacial score (nSPS) is 16.2. The predicted molar refractivity (Wildman–Crippen MR) is 289 cm³/mol. The first-order valence-corrected chi connectivity index (χ1v) is 29.6. The average molecular weight is 1110 g/mol. The summed E-state index contributed by atoms with van der Waals surface area (Å²) in [6, 6.07) is 0.396. The van der Waals surface area contributed by atoms with E-state index >= 15 is 0 Å². The molecule has 3 amide bonds. The standard InChI is InChI=1S/C53H100N6O16S/c1-2-3-4-5-6-7-8-11-18-62-22-26-66-30-32-69-34-36-71-38-40-73-42-44-75-45-43-74-41-39-72-37-35-70-33-31-67-27-23-63-19-12-13-48-46-59(58-57-48)17-21-65-25-29-68-28-24-64-20-16-54-51(60)15-10-9-14-50-52-49(47-76-50)55-53(61)56-52/h46,49-50,52H,2-45,47H2,1H3,(H,54,60)(H2,55,56,61)/t49-,50-,52-/m0/s1. The number of carbonyl (C=O) groups excluding carboxylic acids is 2. The fraction of sp³-hybridized carbons (Fsp3) is 0.925. The van der Waals surface area contributed by atoms with Gasteiger partial charge in [0.1, 0.15) is 0 Å². The van der Waals surface area contributed by atoms with Crippen molar-refractivity contribution < 1.29 is 75.9 Å². The van der Waals surface area contributed by atoms with Gasteiger partial charge in [0, 0.05) is 43.4 Å². The molecule has 0 spiro atoms. The number of unbranched alkanes of at least 4 members (excludes halogenated alkanes) is 8. The van der Waals surface area contributed by atoms with Crippen molar-refractivity contribution in [1.29, 1.82) is 0 Å². The molecule has 0 bridgehead atoms. The summed E-state index contributed by atoms with van der Waals surface area (Å²) < 4.78 is 79.8. The van der Waals surface area contributed by atoms with Crippen molar-refractivity contribution in [2.75, 3.05) is 197 Å². The third-order valence-corrected chi connectivity index (χ3v) is 13.5. The number of amides is 3. The highest BCUT2D eigenvalue weighted by Crippen LogP contribution is 2.33. The molecule has 2 aliphatic heterocycles. The summed E-state index contributed by atoms with van der Waals surface area (Å²) in [5, 5.41) is 17.7. The van der Waals surface area contributed by atoms with E-state index in [2.05, 4.69) is 33.2 Å². The Labute approximate surface area is 459 Å². The van der Waals surface area contributed by atoms with Crippen LogP contribution in [0.5, 0.6) is 0 Å². The number of nitrogens with zero attached hydrogens (tertiary/aromatic N) is 3. The van der Waals surface area contributed by atoms with Crippen LogP contribution in [0.3, 0.4) is 0 Å². The summed E-state index contributed by atoms with van der Waals surface area (Å²) in [7, 11) is 0. The molecule has 0 radical (unpaired) electrons. The number of thioether (sulfide) groups is 1. The molecule has 444 valence electrons. The number of fused-ring (bicyclic) bond motifs is 1. The maximum absolute atomic E-state index is 12.1. The molecule has 1 aromatic heterocycles. The Balaban J connectivity index is 0.898. The molecule has 3 atom stereocenters. The number of rotatable bonds is 60. The molecule has 2 aliphatic rings. The van der Waals surface area contributed by atoms with E-state index in [1.54, 1.807) is 4.68 Å². The molecule has 3 heterocycles. The molecule has 0 aromatic carbocycles. The lowest BCUT2D eigenvalue weighted by Gasteiger charge is -2.16. The van der Waals surface area contributed by atoms with Gasteiger partial charge in [-0.25, -0.2) is 9.48 Å². The maximum Gasteiger partial charge on any atom is 0.315 e. The van der Waals surface area contributed by atoms with Gasteiger partial charge in [-0.1, -0.05) is 63.5 Å². The zero-order valence-electron chi connectivity index (χ0n) is 46.4. The number of ether oxygens (including phenoxy) is 14. The van der Waals surface area contributed by atoms with Crippen LogP contribution >= 0.6 is 11.8 Å². The average Bonchev–Trinajstić information content (AvgIpc) is 4.15. The molecule has 0 aliphatic carbocycles. The highest BCUT2D eigenvalue weighted by molar-refractivity contribution is 8.00. The van der Waals surface area contributed by atoms with E-state index in [9.17, 15) is 9.59 Å². The van der Waals surface area contributed by atoms with Crippen molar-refractivity contribution in [1.82, 2.24) is 30.9 Å². The van der Waals surface area contributed by atoms with Crippen molar-refractivity contribution in [3.05, 3.63) is 11.9 Å². The fourth-order valence-electron chi connectivity index (χ4n) is 7.88. The molecule has 23 heteroatoms. The lowest BCUT2D eigenvalue weighted by atomic mass is 10.0. The third kappa shape index (κ3) is 40.8. The molecule has 1 aromatic rings. The number of urea groups is 1. The van der Waals surface area contributed by atoms with E-state index in [1.165, 1.54) is 44.9 Å². The summed E-state index contributed by atoms with van der Waals surface area (Å²) in [5.74, 6) is 0.998. The first kappa shape index (κ1) is 67.9. The maximum atomic E-state index is 12.1. The molecular weight excluding hydrogens is 1010 g/mol. The van der Waals surface area contributed by atoms with Gasteiger partial charge in [-0.05, 0) is 32.1 Å². The Morgan fingerprint density at radius 1 is 0.526 bits per heavy atom. The topological polar surface area (TPSA) is 230 Å². The van der Waals surface area contributed by atoms with Crippen LogP contribution < -0.4 is 16.0 Å². The zero-order valence-corrected chi connectivity index (χ0v) is 47.2. The van der Waals surface area contributed by atoms with E-state index in [4.69, 9.17) is 66.3 Å². The minimum Gasteiger partial charge on any atom is -0.379 e. The summed E-state index contributed by atoms with van der Waals surface area (Å²) in [6.07, 6.45) is 17.4. The van der Waals surface area contributed by atoms with E-state index in [0.717, 1.165) is 56.6 Å². The second-order valence-electron chi connectivity index (χ2n) is 18.3. The van der Waals surface area contributed by atoms with Crippen molar-refractivity contribution in [2.45, 2.75) is 121 Å². The second kappa shape index (κ2) is 52.1. The molecule has 2 fully saturated rings. The molecule has 0 saturated carbocycles. The van der Waals surface area contributed by atoms with E-state index in [-0.39, 0.29) is 24.0 Å². The number of aryl methyl sites for hydroxylation is 1. The third-order valence-electron chi connectivity index (χ3n) is 12.0. The van der Waals surface area contributed by atoms with Crippen molar-refractivity contribution >= 4 is 23.7 Å². The Kier molecular flexibility index (Phi) is 46.5. The van der Waals surface area contributed by atoms with Gasteiger partial charge < -0.3 is 82.3 Å². The van der Waals surface area contributed by atoms with Crippen LogP contribution in [0.4, 0.5) is 4.79 Å². The Morgan fingerprint density at radius 3 is 1.43 bits per heavy atom. The van der Waals surface area contributed by atoms with Gasteiger partial charge in [0.25, 0.3) is 0 Å². The number of carbonyl (C=O) groups is 2. The first-order valence-electron chi connectivity index (χ1n) is 28.6. The zero-order chi connectivity index (χ0) is 53.7. The summed E-state index contributed by atoms with van der Waals surface area (Å²) in [4.78, 5) is 23.6. The summed E-state index contributed by atoms with van der Waals surface area (Å²) in [6.45, 7) is 18.1. The van der Waals surface area contributed by atoms with Crippen LogP contribution in [-0.4, -0.2) is 242 Å². The van der Waals surface area contributed by atoms with Crippen LogP contribution in [-0.2, 0) is 84.1 Å². The smallest absolute Gasteiger partial charge is 0.315 e. The van der Waals surface area contributed by atoms with E-state index < -0.39 is 0 Å². The highest BCUT2D eigenvalue weighted by Gasteiger charge is 2.42. The van der Waals surface area contributed by atoms with Crippen molar-refractivity contribution in [3.8, 4) is 0 Å². The van der Waals surface area contributed by atoms with Crippen LogP contribution in [0.2, 0.25) is 0 Å². The summed E-state index contributed by atoms with van der Waals surface area (Å²) >= 11 is 1.90. The minimum atomic E-state index is -0.0619. The predicted octanol–water partition coefficient (Wildman–Crippen LogP) is 4.43. The number of aromatic nitrogens is 3. The molecular formula is C53H100N6O16S. The number of hydrogen-bond acceptors (Lipinski definition) is 19. The fourth-order valence-corrected chi connectivity index (χ4v) is 9.43. The van der Waals surface area contributed by atoms with E-state index in [1.807, 2.05) is 18.0 Å². The molecule has 22 nitrogen and oxygen atoms in total. The molecule has 3 N–H and O–H groups in total. The number of nitrogens with one attached hydrogen (secondary N) is 3. The quantitative estimate of drug-likeness (QED) is 0.0605. The van der Waals surface area contributed by atoms with Gasteiger partial charge in [0.2, 0.25) is 5.91 Å². The van der Waals surface area contributed by atoms with Gasteiger partial charge in [0.05, 0.1) is 196 Å². The minimum absolute atomic E-state index is 0.0417. The molecule has 3 rings (SSSR count). The van der Waals surface area contributed by atoms with Gasteiger partial charge in [0.15, 0.2) is 0 Å². The van der Waals surface area contributed by atoms with E-state index in [0.29, 0.717) is 203 Å². The Hall–Kier alpha value is -2.33.